The summed E-state index contributed by atoms with van der Waals surface area (Å²) >= 11 is 0. The SMILES string of the molecule is N#Cc1ccc(NC(=O)c2nonc2N)cc1C(F)(F)F. The minimum absolute atomic E-state index is 0.172. The third kappa shape index (κ3) is 2.92. The second kappa shape index (κ2) is 5.12. The Morgan fingerprint density at radius 1 is 1.38 bits per heavy atom. The van der Waals surface area contributed by atoms with Crippen LogP contribution in [0.4, 0.5) is 24.7 Å². The van der Waals surface area contributed by atoms with Crippen LogP contribution in [-0.4, -0.2) is 16.2 Å². The van der Waals surface area contributed by atoms with Crippen LogP contribution in [0.25, 0.3) is 0 Å². The van der Waals surface area contributed by atoms with Gasteiger partial charge in [-0.05, 0) is 28.5 Å². The van der Waals surface area contributed by atoms with Gasteiger partial charge in [0.15, 0.2) is 0 Å². The van der Waals surface area contributed by atoms with Gasteiger partial charge in [0.25, 0.3) is 5.91 Å². The first kappa shape index (κ1) is 14.3. The lowest BCUT2D eigenvalue weighted by molar-refractivity contribution is -0.137. The standard InChI is InChI=1S/C11H6F3N5O2/c12-11(13,14)7-3-6(2-1-5(7)4-15)17-10(20)8-9(16)19-21-18-8/h1-3H,(H2,16,19)(H,17,20). The van der Waals surface area contributed by atoms with Crippen LogP contribution >= 0.6 is 0 Å². The predicted octanol–water partition coefficient (Wildman–Crippen LogP) is 1.79. The molecule has 0 atom stereocenters. The average Bonchev–Trinajstić information content (AvgIpc) is 2.84. The lowest BCUT2D eigenvalue weighted by Crippen LogP contribution is -2.15. The summed E-state index contributed by atoms with van der Waals surface area (Å²) in [6, 6.07) is 4.16. The fourth-order valence-corrected chi connectivity index (χ4v) is 1.50. The summed E-state index contributed by atoms with van der Waals surface area (Å²) in [4.78, 5) is 11.7. The van der Waals surface area contributed by atoms with Crippen LogP contribution in [0, 0.1) is 11.3 Å². The van der Waals surface area contributed by atoms with E-state index in [9.17, 15) is 18.0 Å². The first-order valence-corrected chi connectivity index (χ1v) is 5.33. The van der Waals surface area contributed by atoms with Crippen LogP contribution < -0.4 is 11.1 Å². The maximum absolute atomic E-state index is 12.8. The second-order valence-corrected chi connectivity index (χ2v) is 3.82. The lowest BCUT2D eigenvalue weighted by atomic mass is 10.1. The molecule has 21 heavy (non-hydrogen) atoms. The number of benzene rings is 1. The van der Waals surface area contributed by atoms with Crippen molar-refractivity contribution < 1.29 is 22.6 Å². The number of nitrogens with one attached hydrogen (secondary N) is 1. The van der Waals surface area contributed by atoms with E-state index in [0.29, 0.717) is 6.07 Å². The van der Waals surface area contributed by atoms with Crippen LogP contribution in [0.3, 0.4) is 0 Å². The summed E-state index contributed by atoms with van der Waals surface area (Å²) in [5.41, 5.74) is 3.05. The Morgan fingerprint density at radius 2 is 2.10 bits per heavy atom. The molecule has 0 saturated heterocycles. The Balaban J connectivity index is 2.32. The molecule has 1 aromatic heterocycles. The molecule has 0 unspecified atom stereocenters. The highest BCUT2D eigenvalue weighted by Gasteiger charge is 2.34. The summed E-state index contributed by atoms with van der Waals surface area (Å²) in [6.07, 6.45) is -4.72. The molecular formula is C11H6F3N5O2. The molecule has 2 rings (SSSR count). The molecule has 7 nitrogen and oxygen atoms in total. The van der Waals surface area contributed by atoms with Crippen molar-refractivity contribution in [1.29, 1.82) is 5.26 Å². The van der Waals surface area contributed by atoms with E-state index in [1.165, 1.54) is 6.07 Å². The Hall–Kier alpha value is -3.09. The summed E-state index contributed by atoms with van der Waals surface area (Å²) in [5, 5.41) is 17.2. The Labute approximate surface area is 115 Å². The molecular weight excluding hydrogens is 291 g/mol. The number of amides is 1. The number of alkyl halides is 3. The lowest BCUT2D eigenvalue weighted by Gasteiger charge is -2.11. The van der Waals surface area contributed by atoms with Crippen LogP contribution in [0.2, 0.25) is 0 Å². The zero-order valence-corrected chi connectivity index (χ0v) is 10.1. The van der Waals surface area contributed by atoms with E-state index in [4.69, 9.17) is 11.0 Å². The molecule has 0 saturated carbocycles. The van der Waals surface area contributed by atoms with Crippen LogP contribution in [0.15, 0.2) is 22.8 Å². The summed E-state index contributed by atoms with van der Waals surface area (Å²) in [5.74, 6) is -1.18. The van der Waals surface area contributed by atoms with E-state index in [1.807, 2.05) is 0 Å². The summed E-state index contributed by atoms with van der Waals surface area (Å²) < 4.78 is 42.5. The molecule has 0 fully saturated rings. The number of halogens is 3. The van der Waals surface area contributed by atoms with Crippen molar-refractivity contribution in [2.45, 2.75) is 6.18 Å². The van der Waals surface area contributed by atoms with Gasteiger partial charge in [-0.1, -0.05) is 0 Å². The number of hydrogen-bond donors (Lipinski definition) is 2. The maximum atomic E-state index is 12.8. The molecule has 1 heterocycles. The molecule has 0 aliphatic carbocycles. The molecule has 0 bridgehead atoms. The topological polar surface area (TPSA) is 118 Å². The van der Waals surface area contributed by atoms with Gasteiger partial charge in [0.05, 0.1) is 17.2 Å². The van der Waals surface area contributed by atoms with Crippen LogP contribution in [0.5, 0.6) is 0 Å². The summed E-state index contributed by atoms with van der Waals surface area (Å²) in [6.45, 7) is 0. The van der Waals surface area contributed by atoms with Gasteiger partial charge in [0, 0.05) is 5.69 Å². The van der Waals surface area contributed by atoms with Gasteiger partial charge in [0.1, 0.15) is 0 Å². The van der Waals surface area contributed by atoms with Crippen LogP contribution in [0.1, 0.15) is 21.6 Å². The van der Waals surface area contributed by atoms with E-state index in [2.05, 4.69) is 20.3 Å². The number of nitriles is 1. The van der Waals surface area contributed by atoms with Gasteiger partial charge in [-0.25, -0.2) is 4.63 Å². The largest absolute Gasteiger partial charge is 0.417 e. The highest BCUT2D eigenvalue weighted by atomic mass is 19.4. The third-order valence-corrected chi connectivity index (χ3v) is 2.43. The van der Waals surface area contributed by atoms with Crippen molar-refractivity contribution in [3.63, 3.8) is 0 Å². The number of nitrogens with zero attached hydrogens (tertiary/aromatic N) is 3. The second-order valence-electron chi connectivity index (χ2n) is 3.82. The van der Waals surface area contributed by atoms with Crippen molar-refractivity contribution >= 4 is 17.4 Å². The highest BCUT2D eigenvalue weighted by Crippen LogP contribution is 2.33. The normalized spacial score (nSPS) is 11.0. The fourth-order valence-electron chi connectivity index (χ4n) is 1.50. The molecule has 0 aliphatic rings. The number of carbonyl (C=O) groups excluding carboxylic acids is 1. The van der Waals surface area contributed by atoms with E-state index in [1.54, 1.807) is 0 Å². The molecule has 0 radical (unpaired) electrons. The number of rotatable bonds is 2. The van der Waals surface area contributed by atoms with Crippen molar-refractivity contribution in [3.8, 4) is 6.07 Å². The number of anilines is 2. The Bertz CT molecular complexity index is 732. The van der Waals surface area contributed by atoms with Gasteiger partial charge < -0.3 is 11.1 Å². The van der Waals surface area contributed by atoms with E-state index in [-0.39, 0.29) is 17.2 Å². The van der Waals surface area contributed by atoms with Crippen molar-refractivity contribution in [2.24, 2.45) is 0 Å². The van der Waals surface area contributed by atoms with E-state index >= 15 is 0 Å². The number of aromatic nitrogens is 2. The average molecular weight is 297 g/mol. The zero-order chi connectivity index (χ0) is 15.6. The van der Waals surface area contributed by atoms with Gasteiger partial charge in [-0.2, -0.15) is 18.4 Å². The summed E-state index contributed by atoms with van der Waals surface area (Å²) in [7, 11) is 0. The maximum Gasteiger partial charge on any atom is 0.417 e. The highest BCUT2D eigenvalue weighted by molar-refractivity contribution is 6.05. The van der Waals surface area contributed by atoms with Crippen molar-refractivity contribution in [1.82, 2.24) is 10.3 Å². The first-order valence-electron chi connectivity index (χ1n) is 5.33. The monoisotopic (exact) mass is 297 g/mol. The van der Waals surface area contributed by atoms with Crippen molar-refractivity contribution in [2.75, 3.05) is 11.1 Å². The molecule has 1 amide bonds. The zero-order valence-electron chi connectivity index (χ0n) is 10.1. The van der Waals surface area contributed by atoms with Gasteiger partial charge in [-0.15, -0.1) is 0 Å². The van der Waals surface area contributed by atoms with Crippen molar-refractivity contribution in [3.05, 3.63) is 35.0 Å². The van der Waals surface area contributed by atoms with Gasteiger partial charge in [0.2, 0.25) is 11.5 Å². The fraction of sp³-hybridized carbons (Fsp3) is 0.0909. The predicted molar refractivity (Wildman–Crippen MR) is 62.8 cm³/mol. The molecule has 10 heteroatoms. The molecule has 108 valence electrons. The molecule has 2 aromatic rings. The van der Waals surface area contributed by atoms with E-state index < -0.39 is 23.2 Å². The van der Waals surface area contributed by atoms with Crippen LogP contribution in [-0.2, 0) is 6.18 Å². The Morgan fingerprint density at radius 3 is 2.62 bits per heavy atom. The number of nitrogen functional groups attached to an aromatic ring is 1. The van der Waals surface area contributed by atoms with Gasteiger partial charge >= 0.3 is 6.18 Å². The Kier molecular flexibility index (Phi) is 3.49. The molecule has 0 spiro atoms. The number of carbonyl (C=O) groups is 1. The molecule has 1 aromatic carbocycles. The quantitative estimate of drug-likeness (QED) is 0.872. The third-order valence-electron chi connectivity index (χ3n) is 2.43. The minimum Gasteiger partial charge on any atom is -0.379 e. The minimum atomic E-state index is -4.72. The van der Waals surface area contributed by atoms with Gasteiger partial charge in [-0.3, -0.25) is 4.79 Å². The molecule has 3 N–H and O–H groups in total. The number of hydrogen-bond acceptors (Lipinski definition) is 6. The molecule has 0 aliphatic heterocycles. The van der Waals surface area contributed by atoms with E-state index in [0.717, 1.165) is 12.1 Å². The first-order chi connectivity index (χ1) is 9.82. The number of nitrogens with two attached hydrogens (primary N) is 1. The smallest absolute Gasteiger partial charge is 0.379 e.